The Morgan fingerprint density at radius 1 is 0.632 bits per heavy atom. The Kier molecular flexibility index (Phi) is 13.5. The second-order valence-electron chi connectivity index (χ2n) is 12.9. The first-order valence-electron chi connectivity index (χ1n) is 17.8. The van der Waals surface area contributed by atoms with Crippen molar-refractivity contribution in [2.45, 2.75) is 33.4 Å². The predicted octanol–water partition coefficient (Wildman–Crippen LogP) is 9.81. The lowest BCUT2D eigenvalue weighted by atomic mass is 10.1. The maximum absolute atomic E-state index is 11.4. The molecule has 6 aromatic heterocycles. The van der Waals surface area contributed by atoms with Gasteiger partial charge in [-0.3, -0.25) is 19.6 Å². The van der Waals surface area contributed by atoms with E-state index >= 15 is 0 Å². The zero-order valence-electron chi connectivity index (χ0n) is 31.0. The van der Waals surface area contributed by atoms with Gasteiger partial charge < -0.3 is 16.4 Å². The maximum atomic E-state index is 11.4. The highest BCUT2D eigenvalue weighted by Gasteiger charge is 2.14. The van der Waals surface area contributed by atoms with Gasteiger partial charge in [-0.2, -0.15) is 10.2 Å². The molecule has 4 N–H and O–H groups in total. The minimum Gasteiger partial charge on any atom is -0.397 e. The quantitative estimate of drug-likeness (QED) is 0.115. The number of Topliss-reactive ketones (excluding diaryl/α,β-unsaturated/α-hetero) is 1. The Morgan fingerprint density at radius 3 is 1.54 bits per heavy atom. The average molecular weight is 819 g/mol. The van der Waals surface area contributed by atoms with E-state index in [2.05, 4.69) is 66.7 Å². The molecule has 0 aliphatic heterocycles. The lowest BCUT2D eigenvalue weighted by Gasteiger charge is -2.12. The van der Waals surface area contributed by atoms with Crippen molar-refractivity contribution >= 4 is 73.9 Å². The third-order valence-corrected chi connectivity index (χ3v) is 9.00. The molecule has 2 aromatic carbocycles. The Balaban J connectivity index is 0.000000177. The topological polar surface area (TPSA) is 145 Å². The SMILES string of the molecule is CC(=O)Cc1cncc(-c2cc(NCc3ccccc3)c3c(Cl)ccn3n2)c1.CC(=O)Cl.Nc1cncc(-c2cc(NCc3ccccc3)c3c(Cl)ccn3n2)c1. The van der Waals surface area contributed by atoms with E-state index in [4.69, 9.17) is 28.9 Å². The summed E-state index contributed by atoms with van der Waals surface area (Å²) in [5.74, 6) is 0.102. The molecule has 57 heavy (non-hydrogen) atoms. The zero-order valence-corrected chi connectivity index (χ0v) is 33.3. The van der Waals surface area contributed by atoms with Crippen LogP contribution in [0.4, 0.5) is 17.1 Å². The third kappa shape index (κ3) is 10.9. The van der Waals surface area contributed by atoms with E-state index in [-0.39, 0.29) is 11.0 Å². The van der Waals surface area contributed by atoms with Crippen LogP contribution < -0.4 is 16.4 Å². The number of aromatic nitrogens is 6. The number of nitrogens with zero attached hydrogens (tertiary/aromatic N) is 6. The highest BCUT2D eigenvalue weighted by atomic mass is 35.5. The number of carbonyl (C=O) groups excluding carboxylic acids is 2. The highest BCUT2D eigenvalue weighted by Crippen LogP contribution is 2.32. The van der Waals surface area contributed by atoms with E-state index in [1.807, 2.05) is 85.2 Å². The lowest BCUT2D eigenvalue weighted by Crippen LogP contribution is -2.04. The molecular weight excluding hydrogens is 781 g/mol. The molecule has 8 rings (SSSR count). The molecule has 0 unspecified atom stereocenters. The smallest absolute Gasteiger partial charge is 0.218 e. The number of nitrogens with two attached hydrogens (primary N) is 1. The Morgan fingerprint density at radius 2 is 1.09 bits per heavy atom. The molecule has 8 aromatic rings. The predicted molar refractivity (Wildman–Crippen MR) is 230 cm³/mol. The van der Waals surface area contributed by atoms with Crippen molar-refractivity contribution in [1.29, 1.82) is 0 Å². The van der Waals surface area contributed by atoms with Crippen molar-refractivity contribution in [3.8, 4) is 22.5 Å². The zero-order chi connectivity index (χ0) is 40.3. The monoisotopic (exact) mass is 817 g/mol. The largest absolute Gasteiger partial charge is 0.397 e. The van der Waals surface area contributed by atoms with E-state index in [0.717, 1.165) is 50.5 Å². The van der Waals surface area contributed by atoms with Crippen molar-refractivity contribution < 1.29 is 9.59 Å². The second kappa shape index (κ2) is 19.1. The number of anilines is 3. The summed E-state index contributed by atoms with van der Waals surface area (Å²) in [5, 5.41) is 17.1. The van der Waals surface area contributed by atoms with E-state index < -0.39 is 0 Å². The molecule has 0 saturated carbocycles. The van der Waals surface area contributed by atoms with Crippen molar-refractivity contribution in [1.82, 2.24) is 29.2 Å². The van der Waals surface area contributed by atoms with E-state index in [1.165, 1.54) is 18.1 Å². The van der Waals surface area contributed by atoms with Crippen LogP contribution in [0.25, 0.3) is 33.5 Å². The van der Waals surface area contributed by atoms with E-state index in [1.54, 1.807) is 40.7 Å². The fraction of sp³-hybridized carbons (Fsp3) is 0.116. The van der Waals surface area contributed by atoms with Crippen molar-refractivity contribution in [2.24, 2.45) is 0 Å². The number of fused-ring (bicyclic) bond motifs is 2. The summed E-state index contributed by atoms with van der Waals surface area (Å²) in [6, 6.07) is 31.8. The number of benzene rings is 2. The average Bonchev–Trinajstić information content (AvgIpc) is 3.78. The molecule has 0 aliphatic carbocycles. The minimum atomic E-state index is -0.361. The molecule has 0 spiro atoms. The summed E-state index contributed by atoms with van der Waals surface area (Å²) in [4.78, 5) is 29.1. The summed E-state index contributed by atoms with van der Waals surface area (Å²) in [5.41, 5.74) is 16.4. The van der Waals surface area contributed by atoms with E-state index in [9.17, 15) is 9.59 Å². The fourth-order valence-corrected chi connectivity index (χ4v) is 6.41. The van der Waals surface area contributed by atoms with Crippen LogP contribution in [-0.4, -0.2) is 40.2 Å². The molecule has 0 radical (unpaired) electrons. The maximum Gasteiger partial charge on any atom is 0.218 e. The number of carbonyl (C=O) groups is 2. The summed E-state index contributed by atoms with van der Waals surface area (Å²) in [6.07, 6.45) is 10.9. The highest BCUT2D eigenvalue weighted by molar-refractivity contribution is 6.62. The van der Waals surface area contributed by atoms with Gasteiger partial charge in [0.25, 0.3) is 0 Å². The van der Waals surface area contributed by atoms with Gasteiger partial charge in [-0.05, 0) is 71.6 Å². The van der Waals surface area contributed by atoms with Gasteiger partial charge in [0.2, 0.25) is 5.24 Å². The van der Waals surface area contributed by atoms with Crippen LogP contribution in [0.15, 0.2) is 134 Å². The van der Waals surface area contributed by atoms with Gasteiger partial charge in [-0.15, -0.1) is 0 Å². The summed E-state index contributed by atoms with van der Waals surface area (Å²) in [7, 11) is 0. The summed E-state index contributed by atoms with van der Waals surface area (Å²) < 4.78 is 3.54. The number of halogens is 3. The number of nitrogen functional groups attached to an aromatic ring is 1. The summed E-state index contributed by atoms with van der Waals surface area (Å²) >= 11 is 17.4. The van der Waals surface area contributed by atoms with Gasteiger partial charge in [-0.25, -0.2) is 9.03 Å². The molecule has 6 heterocycles. The van der Waals surface area contributed by atoms with Gasteiger partial charge in [0.15, 0.2) is 0 Å². The first kappa shape index (κ1) is 40.4. The first-order chi connectivity index (χ1) is 27.5. The second-order valence-corrected chi connectivity index (χ2v) is 14.3. The number of pyridine rings is 2. The number of nitrogens with one attached hydrogen (secondary N) is 2. The van der Waals surface area contributed by atoms with Crippen LogP contribution in [0.5, 0.6) is 0 Å². The Labute approximate surface area is 344 Å². The number of hydrogen-bond donors (Lipinski definition) is 3. The molecular formula is C43H38Cl3N9O2. The van der Waals surface area contributed by atoms with Gasteiger partial charge >= 0.3 is 0 Å². The molecule has 14 heteroatoms. The standard InChI is InChI=1S/C22H19ClN4O.C19H16ClN5.C2H3ClO/c1-15(28)9-17-10-18(14-24-12-17)20-11-21(22-19(23)7-8-27(22)26-20)25-13-16-5-3-2-4-6-16;20-16-6-7-25-19(16)18(23-10-13-4-2-1-3-5-13)9-17(24-25)14-8-15(21)12-22-11-14;1-2(3)4/h2-8,10-12,14,25H,9,13H2,1H3;1-9,11-12,23H,10,21H2;1H3. The van der Waals surface area contributed by atoms with Gasteiger partial charge in [-0.1, -0.05) is 83.9 Å². The first-order valence-corrected chi connectivity index (χ1v) is 18.9. The summed E-state index contributed by atoms with van der Waals surface area (Å²) in [6.45, 7) is 4.23. The van der Waals surface area contributed by atoms with Crippen molar-refractivity contribution in [3.63, 3.8) is 0 Å². The molecule has 0 aliphatic rings. The molecule has 0 atom stereocenters. The molecule has 11 nitrogen and oxygen atoms in total. The molecule has 0 saturated heterocycles. The molecule has 288 valence electrons. The van der Waals surface area contributed by atoms with Crippen LogP contribution in [0.1, 0.15) is 30.5 Å². The van der Waals surface area contributed by atoms with Gasteiger partial charge in [0.05, 0.1) is 38.5 Å². The van der Waals surface area contributed by atoms with Crippen LogP contribution in [0, 0.1) is 0 Å². The van der Waals surface area contributed by atoms with Crippen LogP contribution in [0.2, 0.25) is 10.0 Å². The van der Waals surface area contributed by atoms with Crippen molar-refractivity contribution in [3.05, 3.63) is 161 Å². The third-order valence-electron chi connectivity index (χ3n) is 8.39. The normalized spacial score (nSPS) is 10.6. The fourth-order valence-electron chi connectivity index (χ4n) is 5.92. The van der Waals surface area contributed by atoms with Crippen LogP contribution in [-0.2, 0) is 29.1 Å². The Bertz CT molecular complexity index is 2630. The number of rotatable bonds is 10. The number of ketones is 1. The van der Waals surface area contributed by atoms with E-state index in [0.29, 0.717) is 35.2 Å². The van der Waals surface area contributed by atoms with Gasteiger partial charge in [0, 0.05) is 74.7 Å². The molecule has 0 fully saturated rings. The van der Waals surface area contributed by atoms with Gasteiger partial charge in [0.1, 0.15) is 16.8 Å². The lowest BCUT2D eigenvalue weighted by molar-refractivity contribution is -0.116. The van der Waals surface area contributed by atoms with Crippen LogP contribution in [0.3, 0.4) is 0 Å². The Hall–Kier alpha value is -6.27. The number of hydrogen-bond acceptors (Lipinski definition) is 9. The van der Waals surface area contributed by atoms with Crippen LogP contribution >= 0.6 is 34.8 Å². The minimum absolute atomic E-state index is 0.102. The van der Waals surface area contributed by atoms with Crippen molar-refractivity contribution in [2.75, 3.05) is 16.4 Å². The molecule has 0 bridgehead atoms. The molecule has 0 amide bonds.